The molecule has 1 aromatic heterocycles. The molecule has 1 amide bonds. The zero-order chi connectivity index (χ0) is 10.8. The van der Waals surface area contributed by atoms with Crippen molar-refractivity contribution in [3.63, 3.8) is 0 Å². The average molecular weight is 208 g/mol. The van der Waals surface area contributed by atoms with E-state index in [4.69, 9.17) is 0 Å². The smallest absolute Gasteiger partial charge is 0.224 e. The second kappa shape index (κ2) is 4.02. The highest BCUT2D eigenvalue weighted by molar-refractivity contribution is 5.92. The summed E-state index contributed by atoms with van der Waals surface area (Å²) in [6, 6.07) is 0. The van der Waals surface area contributed by atoms with Gasteiger partial charge in [-0.1, -0.05) is 0 Å². The number of hydrogen-bond donors (Lipinski definition) is 3. The van der Waals surface area contributed by atoms with E-state index in [1.807, 2.05) is 13.8 Å². The lowest BCUT2D eigenvalue weighted by atomic mass is 9.99. The molecule has 82 valence electrons. The van der Waals surface area contributed by atoms with Gasteiger partial charge < -0.3 is 10.6 Å². The van der Waals surface area contributed by atoms with Crippen LogP contribution in [0.2, 0.25) is 0 Å². The molecule has 0 saturated carbocycles. The first-order chi connectivity index (χ1) is 7.16. The first-order valence-electron chi connectivity index (χ1n) is 5.19. The molecule has 1 aliphatic rings. The van der Waals surface area contributed by atoms with Gasteiger partial charge >= 0.3 is 0 Å². The maximum absolute atomic E-state index is 11.6. The van der Waals surface area contributed by atoms with Crippen LogP contribution in [0.15, 0.2) is 0 Å². The van der Waals surface area contributed by atoms with Gasteiger partial charge in [0, 0.05) is 6.42 Å². The molecule has 1 aromatic rings. The molecule has 0 spiro atoms. The van der Waals surface area contributed by atoms with Crippen LogP contribution in [0.5, 0.6) is 0 Å². The number of aromatic nitrogens is 2. The minimum atomic E-state index is 0.0779. The molecular formula is C10H16N4O. The summed E-state index contributed by atoms with van der Waals surface area (Å²) in [6.45, 7) is 5.69. The maximum atomic E-state index is 11.6. The summed E-state index contributed by atoms with van der Waals surface area (Å²) in [5, 5.41) is 12.9. The third-order valence-electron chi connectivity index (χ3n) is 2.73. The molecule has 5 heteroatoms. The van der Waals surface area contributed by atoms with E-state index in [-0.39, 0.29) is 5.91 Å². The number of rotatable bonds is 3. The Morgan fingerprint density at radius 1 is 1.53 bits per heavy atom. The standard InChI is InChI=1S/C10H16N4O/c1-6-10(7(2)14-13-6)12-9(15)3-8-4-11-5-8/h8,11H,3-5H2,1-2H3,(H,12,15)(H,13,14). The lowest BCUT2D eigenvalue weighted by molar-refractivity contribution is -0.117. The Bertz CT molecular complexity index is 348. The minimum Gasteiger partial charge on any atom is -0.323 e. The van der Waals surface area contributed by atoms with E-state index in [9.17, 15) is 4.79 Å². The number of carbonyl (C=O) groups excluding carboxylic acids is 1. The Balaban J connectivity index is 1.93. The number of aryl methyl sites for hydroxylation is 2. The molecular weight excluding hydrogens is 192 g/mol. The molecule has 0 aromatic carbocycles. The lowest BCUT2D eigenvalue weighted by Crippen LogP contribution is -2.43. The van der Waals surface area contributed by atoms with E-state index >= 15 is 0 Å². The van der Waals surface area contributed by atoms with Crippen molar-refractivity contribution in [3.8, 4) is 0 Å². The first kappa shape index (κ1) is 10.2. The molecule has 0 aliphatic carbocycles. The summed E-state index contributed by atoms with van der Waals surface area (Å²) in [5.41, 5.74) is 2.58. The Hall–Kier alpha value is -1.36. The van der Waals surface area contributed by atoms with Gasteiger partial charge in [-0.2, -0.15) is 5.10 Å². The zero-order valence-electron chi connectivity index (χ0n) is 9.05. The van der Waals surface area contributed by atoms with Gasteiger partial charge in [-0.25, -0.2) is 0 Å². The highest BCUT2D eigenvalue weighted by Gasteiger charge is 2.20. The van der Waals surface area contributed by atoms with Crippen molar-refractivity contribution >= 4 is 11.6 Å². The third kappa shape index (κ3) is 2.18. The van der Waals surface area contributed by atoms with Crippen LogP contribution < -0.4 is 10.6 Å². The van der Waals surface area contributed by atoms with Crippen LogP contribution in [0.3, 0.4) is 0 Å². The highest BCUT2D eigenvalue weighted by Crippen LogP contribution is 2.17. The van der Waals surface area contributed by atoms with Crippen LogP contribution >= 0.6 is 0 Å². The van der Waals surface area contributed by atoms with Gasteiger partial charge in [0.05, 0.1) is 17.1 Å². The summed E-state index contributed by atoms with van der Waals surface area (Å²) in [5.74, 6) is 0.576. The first-order valence-corrected chi connectivity index (χ1v) is 5.19. The van der Waals surface area contributed by atoms with Gasteiger partial charge in [-0.15, -0.1) is 0 Å². The van der Waals surface area contributed by atoms with E-state index in [1.54, 1.807) is 0 Å². The average Bonchev–Trinajstić information content (AvgIpc) is 2.43. The van der Waals surface area contributed by atoms with Crippen LogP contribution in [0.25, 0.3) is 0 Å². The van der Waals surface area contributed by atoms with Crippen molar-refractivity contribution < 1.29 is 4.79 Å². The van der Waals surface area contributed by atoms with Gasteiger partial charge in [0.25, 0.3) is 0 Å². The molecule has 1 fully saturated rings. The topological polar surface area (TPSA) is 69.8 Å². The summed E-state index contributed by atoms with van der Waals surface area (Å²) in [7, 11) is 0. The maximum Gasteiger partial charge on any atom is 0.224 e. The number of nitrogens with one attached hydrogen (secondary N) is 3. The number of amides is 1. The molecule has 0 unspecified atom stereocenters. The van der Waals surface area contributed by atoms with E-state index in [1.165, 1.54) is 0 Å². The largest absolute Gasteiger partial charge is 0.323 e. The van der Waals surface area contributed by atoms with Crippen LogP contribution in [0.1, 0.15) is 17.8 Å². The molecule has 0 bridgehead atoms. The van der Waals surface area contributed by atoms with E-state index < -0.39 is 0 Å². The summed E-state index contributed by atoms with van der Waals surface area (Å²) >= 11 is 0. The summed E-state index contributed by atoms with van der Waals surface area (Å²) < 4.78 is 0. The molecule has 1 aliphatic heterocycles. The van der Waals surface area contributed by atoms with Crippen LogP contribution in [-0.2, 0) is 4.79 Å². The third-order valence-corrected chi connectivity index (χ3v) is 2.73. The van der Waals surface area contributed by atoms with Crippen molar-refractivity contribution in [1.82, 2.24) is 15.5 Å². The van der Waals surface area contributed by atoms with Gasteiger partial charge in [0.1, 0.15) is 0 Å². The Morgan fingerprint density at radius 2 is 2.27 bits per heavy atom. The molecule has 0 radical (unpaired) electrons. The Morgan fingerprint density at radius 3 is 2.73 bits per heavy atom. The summed E-state index contributed by atoms with van der Waals surface area (Å²) in [6.07, 6.45) is 0.594. The molecule has 0 atom stereocenters. The number of hydrogen-bond acceptors (Lipinski definition) is 3. The highest BCUT2D eigenvalue weighted by atomic mass is 16.1. The Labute approximate surface area is 88.6 Å². The predicted octanol–water partition coefficient (Wildman–Crippen LogP) is 0.575. The Kier molecular flexibility index (Phi) is 2.73. The SMILES string of the molecule is Cc1n[nH]c(C)c1NC(=O)CC1CNC1. The molecule has 2 heterocycles. The van der Waals surface area contributed by atoms with E-state index in [2.05, 4.69) is 20.8 Å². The summed E-state index contributed by atoms with van der Waals surface area (Å²) in [4.78, 5) is 11.6. The quantitative estimate of drug-likeness (QED) is 0.680. The second-order valence-electron chi connectivity index (χ2n) is 4.09. The number of carbonyl (C=O) groups is 1. The molecule has 1 saturated heterocycles. The fourth-order valence-electron chi connectivity index (χ4n) is 1.68. The van der Waals surface area contributed by atoms with Gasteiger partial charge in [-0.05, 0) is 32.9 Å². The number of aromatic amines is 1. The van der Waals surface area contributed by atoms with Gasteiger partial charge in [0.15, 0.2) is 0 Å². The monoisotopic (exact) mass is 208 g/mol. The molecule has 3 N–H and O–H groups in total. The van der Waals surface area contributed by atoms with E-state index in [0.29, 0.717) is 12.3 Å². The number of anilines is 1. The predicted molar refractivity (Wildman–Crippen MR) is 57.7 cm³/mol. The fourth-order valence-corrected chi connectivity index (χ4v) is 1.68. The van der Waals surface area contributed by atoms with Crippen LogP contribution in [-0.4, -0.2) is 29.2 Å². The van der Waals surface area contributed by atoms with Gasteiger partial charge in [0.2, 0.25) is 5.91 Å². The molecule has 5 nitrogen and oxygen atoms in total. The second-order valence-corrected chi connectivity index (χ2v) is 4.09. The van der Waals surface area contributed by atoms with Crippen LogP contribution in [0.4, 0.5) is 5.69 Å². The number of nitrogens with zero attached hydrogens (tertiary/aromatic N) is 1. The van der Waals surface area contributed by atoms with E-state index in [0.717, 1.165) is 30.2 Å². The van der Waals surface area contributed by atoms with Crippen LogP contribution in [0, 0.1) is 19.8 Å². The van der Waals surface area contributed by atoms with Gasteiger partial charge in [-0.3, -0.25) is 9.89 Å². The normalized spacial score (nSPS) is 16.1. The number of H-pyrrole nitrogens is 1. The van der Waals surface area contributed by atoms with Crippen molar-refractivity contribution in [2.45, 2.75) is 20.3 Å². The fraction of sp³-hybridized carbons (Fsp3) is 0.600. The minimum absolute atomic E-state index is 0.0779. The lowest BCUT2D eigenvalue weighted by Gasteiger charge is -2.26. The van der Waals surface area contributed by atoms with Crippen molar-refractivity contribution in [1.29, 1.82) is 0 Å². The molecule has 15 heavy (non-hydrogen) atoms. The van der Waals surface area contributed by atoms with Crippen molar-refractivity contribution in [3.05, 3.63) is 11.4 Å². The zero-order valence-corrected chi connectivity index (χ0v) is 9.05. The van der Waals surface area contributed by atoms with Crippen molar-refractivity contribution in [2.75, 3.05) is 18.4 Å². The molecule has 2 rings (SSSR count). The van der Waals surface area contributed by atoms with Crippen molar-refractivity contribution in [2.24, 2.45) is 5.92 Å².